The zero-order valence-corrected chi connectivity index (χ0v) is 13.6. The van der Waals surface area contributed by atoms with Crippen molar-refractivity contribution in [2.75, 3.05) is 0 Å². The van der Waals surface area contributed by atoms with Gasteiger partial charge in [0.25, 0.3) is 0 Å². The molecule has 0 aliphatic heterocycles. The molecule has 0 amide bonds. The molecule has 0 unspecified atom stereocenters. The van der Waals surface area contributed by atoms with Gasteiger partial charge in [0.1, 0.15) is 0 Å². The van der Waals surface area contributed by atoms with Gasteiger partial charge in [0, 0.05) is 0 Å². The van der Waals surface area contributed by atoms with Crippen LogP contribution in [0.2, 0.25) is 0 Å². The largest absolute Gasteiger partial charge is 2.00 e. The van der Waals surface area contributed by atoms with E-state index in [4.69, 9.17) is 0 Å². The SMILES string of the molecule is CCCCc1ccc(C23C[C-](C2)C3)cc1.[Br-].[Mg+2]. The van der Waals surface area contributed by atoms with Crippen molar-refractivity contribution in [3.05, 3.63) is 41.3 Å². The van der Waals surface area contributed by atoms with E-state index in [9.17, 15) is 0 Å². The van der Waals surface area contributed by atoms with E-state index in [1.165, 1.54) is 44.1 Å². The molecule has 0 radical (unpaired) electrons. The number of hydrogen-bond donors (Lipinski definition) is 0. The normalized spacial score (nSPS) is 19.4. The Balaban J connectivity index is 0.000000722. The van der Waals surface area contributed by atoms with Crippen LogP contribution in [0, 0.1) is 5.92 Å². The van der Waals surface area contributed by atoms with Crippen LogP contribution in [-0.4, -0.2) is 23.1 Å². The van der Waals surface area contributed by atoms with E-state index in [0.29, 0.717) is 5.41 Å². The van der Waals surface area contributed by atoms with Crippen LogP contribution in [0.25, 0.3) is 0 Å². The molecule has 3 aliphatic rings. The molecule has 3 saturated carbocycles. The van der Waals surface area contributed by atoms with Crippen molar-refractivity contribution in [3.63, 3.8) is 0 Å². The predicted octanol–water partition coefficient (Wildman–Crippen LogP) is 0.662. The number of halogens is 1. The van der Waals surface area contributed by atoms with Crippen molar-refractivity contribution in [2.24, 2.45) is 0 Å². The standard InChI is InChI=1S/C15H19.BrH.Mg/c1-2-3-4-12-5-7-14(8-6-12)15-9-13(10-15)11-15;;/h5-8H,2-4,9-11H2,1H3;1H;/q-1;;+2/p-1. The van der Waals surface area contributed by atoms with Crippen LogP contribution >= 0.6 is 0 Å². The van der Waals surface area contributed by atoms with E-state index < -0.39 is 0 Å². The summed E-state index contributed by atoms with van der Waals surface area (Å²) < 4.78 is 0. The van der Waals surface area contributed by atoms with Gasteiger partial charge in [-0.15, -0.1) is 0 Å². The van der Waals surface area contributed by atoms with E-state index in [1.54, 1.807) is 11.5 Å². The average Bonchev–Trinajstić information content (AvgIpc) is 2.12. The van der Waals surface area contributed by atoms with E-state index in [0.717, 1.165) is 0 Å². The molecule has 0 spiro atoms. The van der Waals surface area contributed by atoms with E-state index in [-0.39, 0.29) is 40.0 Å². The van der Waals surface area contributed by atoms with Gasteiger partial charge in [-0.3, -0.25) is 0 Å². The first-order valence-electron chi connectivity index (χ1n) is 6.25. The number of benzene rings is 1. The first-order chi connectivity index (χ1) is 7.32. The van der Waals surface area contributed by atoms with Crippen molar-refractivity contribution in [3.8, 4) is 0 Å². The van der Waals surface area contributed by atoms with Crippen LogP contribution < -0.4 is 17.0 Å². The Morgan fingerprint density at radius 3 is 2.12 bits per heavy atom. The summed E-state index contributed by atoms with van der Waals surface area (Å²) in [5.74, 6) is 1.80. The van der Waals surface area contributed by atoms with Gasteiger partial charge < -0.3 is 22.9 Å². The summed E-state index contributed by atoms with van der Waals surface area (Å²) in [6.07, 6.45) is 8.04. The van der Waals surface area contributed by atoms with Gasteiger partial charge in [0.2, 0.25) is 0 Å². The summed E-state index contributed by atoms with van der Waals surface area (Å²) in [6, 6.07) is 9.44. The maximum absolute atomic E-state index is 2.38. The molecule has 3 aliphatic carbocycles. The summed E-state index contributed by atoms with van der Waals surface area (Å²) in [4.78, 5) is 0. The van der Waals surface area contributed by atoms with Crippen molar-refractivity contribution in [2.45, 2.75) is 50.9 Å². The van der Waals surface area contributed by atoms with Gasteiger partial charge in [0.15, 0.2) is 0 Å². The number of aryl methyl sites for hydroxylation is 1. The summed E-state index contributed by atoms with van der Waals surface area (Å²) >= 11 is 0. The Bertz CT molecular complexity index is 341. The number of rotatable bonds is 4. The first kappa shape index (κ1) is 15.5. The molecule has 1 aromatic rings. The minimum Gasteiger partial charge on any atom is -1.00 e. The molecule has 4 rings (SSSR count). The monoisotopic (exact) mass is 302 g/mol. The summed E-state index contributed by atoms with van der Waals surface area (Å²) in [7, 11) is 0. The zero-order valence-electron chi connectivity index (χ0n) is 10.6. The fourth-order valence-corrected chi connectivity index (χ4v) is 2.99. The summed E-state index contributed by atoms with van der Waals surface area (Å²) in [5, 5.41) is 0. The van der Waals surface area contributed by atoms with Crippen LogP contribution in [0.4, 0.5) is 0 Å². The molecule has 17 heavy (non-hydrogen) atoms. The molecule has 0 heterocycles. The van der Waals surface area contributed by atoms with Crippen molar-refractivity contribution in [1.82, 2.24) is 0 Å². The summed E-state index contributed by atoms with van der Waals surface area (Å²) in [5.41, 5.74) is 3.72. The van der Waals surface area contributed by atoms with E-state index >= 15 is 0 Å². The van der Waals surface area contributed by atoms with Gasteiger partial charge in [-0.1, -0.05) is 43.0 Å². The molecular weight excluding hydrogens is 284 g/mol. The van der Waals surface area contributed by atoms with Crippen LogP contribution in [0.5, 0.6) is 0 Å². The van der Waals surface area contributed by atoms with Gasteiger partial charge in [-0.25, -0.2) is 0 Å². The second kappa shape index (κ2) is 6.07. The fraction of sp³-hybridized carbons (Fsp3) is 0.533. The third-order valence-electron chi connectivity index (χ3n) is 4.15. The fourth-order valence-electron chi connectivity index (χ4n) is 2.99. The molecule has 2 bridgehead atoms. The topological polar surface area (TPSA) is 0 Å². The smallest absolute Gasteiger partial charge is 1.00 e. The molecule has 0 aromatic heterocycles. The van der Waals surface area contributed by atoms with Gasteiger partial charge >= 0.3 is 23.1 Å². The van der Waals surface area contributed by atoms with E-state index in [1.807, 2.05) is 0 Å². The Hall–Kier alpha value is 0.466. The molecular formula is C15H19BrMg. The maximum atomic E-state index is 2.38. The minimum atomic E-state index is 0. The van der Waals surface area contributed by atoms with E-state index in [2.05, 4.69) is 31.2 Å². The van der Waals surface area contributed by atoms with Crippen LogP contribution in [-0.2, 0) is 11.8 Å². The molecule has 1 aromatic carbocycles. The second-order valence-corrected chi connectivity index (χ2v) is 5.36. The summed E-state index contributed by atoms with van der Waals surface area (Å²) in [6.45, 7) is 2.26. The molecule has 0 atom stereocenters. The molecule has 0 N–H and O–H groups in total. The van der Waals surface area contributed by atoms with Gasteiger partial charge in [-0.2, -0.15) is 19.3 Å². The first-order valence-corrected chi connectivity index (χ1v) is 6.25. The molecule has 88 valence electrons. The quantitative estimate of drug-likeness (QED) is 0.566. The van der Waals surface area contributed by atoms with Crippen LogP contribution in [0.15, 0.2) is 24.3 Å². The molecule has 0 saturated heterocycles. The van der Waals surface area contributed by atoms with Crippen molar-refractivity contribution in [1.29, 1.82) is 0 Å². The second-order valence-electron chi connectivity index (χ2n) is 5.36. The molecule has 2 heteroatoms. The van der Waals surface area contributed by atoms with Crippen molar-refractivity contribution >= 4 is 23.1 Å². The third-order valence-corrected chi connectivity index (χ3v) is 4.15. The van der Waals surface area contributed by atoms with Crippen LogP contribution in [0.1, 0.15) is 50.2 Å². The molecule has 0 nitrogen and oxygen atoms in total. The Labute approximate surface area is 131 Å². The van der Waals surface area contributed by atoms with Gasteiger partial charge in [-0.05, 0) is 24.0 Å². The average molecular weight is 304 g/mol. The Morgan fingerprint density at radius 1 is 1.12 bits per heavy atom. The third kappa shape index (κ3) is 2.74. The Morgan fingerprint density at radius 2 is 1.71 bits per heavy atom. The number of unbranched alkanes of at least 4 members (excludes halogenated alkanes) is 1. The number of hydrogen-bond acceptors (Lipinski definition) is 0. The van der Waals surface area contributed by atoms with Gasteiger partial charge in [0.05, 0.1) is 0 Å². The maximum Gasteiger partial charge on any atom is 2.00 e. The van der Waals surface area contributed by atoms with Crippen LogP contribution in [0.3, 0.4) is 0 Å². The zero-order chi connectivity index (χ0) is 10.3. The van der Waals surface area contributed by atoms with Crippen molar-refractivity contribution < 1.29 is 17.0 Å². The minimum absolute atomic E-state index is 0. The Kier molecular flexibility index (Phi) is 5.55. The molecule has 3 fully saturated rings. The predicted molar refractivity (Wildman–Crippen MR) is 69.6 cm³/mol.